The normalized spacial score (nSPS) is 18.9. The molecule has 3 rings (SSSR count). The van der Waals surface area contributed by atoms with E-state index in [1.165, 1.54) is 48.9 Å². The van der Waals surface area contributed by atoms with Crippen LogP contribution in [0.15, 0.2) is 53.4 Å². The SMILES string of the molecule is CC1CC(C)CN(CCCCNC(=O)c2ccc(NS(=O)(=O)c3cccc([N+](=O)[O-])c3)cc2)C1. The van der Waals surface area contributed by atoms with E-state index in [0.29, 0.717) is 12.1 Å². The number of nitrogens with one attached hydrogen (secondary N) is 2. The summed E-state index contributed by atoms with van der Waals surface area (Å²) in [6.07, 6.45) is 3.21. The molecular weight excluding hydrogens is 456 g/mol. The van der Waals surface area contributed by atoms with Gasteiger partial charge in [-0.25, -0.2) is 8.42 Å². The average Bonchev–Trinajstić information content (AvgIpc) is 2.78. The minimum atomic E-state index is -4.00. The van der Waals surface area contributed by atoms with E-state index in [1.807, 2.05) is 0 Å². The second-order valence-corrected chi connectivity index (χ2v) is 10.8. The minimum absolute atomic E-state index is 0.211. The highest BCUT2D eigenvalue weighted by molar-refractivity contribution is 7.92. The van der Waals surface area contributed by atoms with Crippen molar-refractivity contribution in [2.24, 2.45) is 11.8 Å². The van der Waals surface area contributed by atoms with Gasteiger partial charge < -0.3 is 10.2 Å². The van der Waals surface area contributed by atoms with Gasteiger partial charge in [-0.15, -0.1) is 0 Å². The summed E-state index contributed by atoms with van der Waals surface area (Å²) in [4.78, 5) is 24.9. The molecule has 1 saturated heterocycles. The molecule has 2 atom stereocenters. The number of carbonyl (C=O) groups excluding carboxylic acids is 1. The van der Waals surface area contributed by atoms with Crippen LogP contribution in [0.25, 0.3) is 0 Å². The number of nitrogens with zero attached hydrogens (tertiary/aromatic N) is 2. The first kappa shape index (κ1) is 25.6. The summed E-state index contributed by atoms with van der Waals surface area (Å²) in [5, 5.41) is 13.8. The molecule has 0 radical (unpaired) electrons. The molecule has 1 heterocycles. The number of anilines is 1. The maximum Gasteiger partial charge on any atom is 0.270 e. The number of hydrogen-bond acceptors (Lipinski definition) is 6. The van der Waals surface area contributed by atoms with Gasteiger partial charge in [0.05, 0.1) is 9.82 Å². The molecule has 1 fully saturated rings. The lowest BCUT2D eigenvalue weighted by molar-refractivity contribution is -0.385. The fraction of sp³-hybridized carbons (Fsp3) is 0.458. The monoisotopic (exact) mass is 488 g/mol. The Kier molecular flexibility index (Phi) is 8.62. The number of unbranched alkanes of at least 4 members (excludes halogenated alkanes) is 1. The fourth-order valence-electron chi connectivity index (χ4n) is 4.41. The molecule has 0 aliphatic carbocycles. The molecule has 9 nitrogen and oxygen atoms in total. The second-order valence-electron chi connectivity index (χ2n) is 9.11. The van der Waals surface area contributed by atoms with Crippen LogP contribution in [0.5, 0.6) is 0 Å². The van der Waals surface area contributed by atoms with Gasteiger partial charge in [0.25, 0.3) is 21.6 Å². The van der Waals surface area contributed by atoms with Gasteiger partial charge in [0.15, 0.2) is 0 Å². The van der Waals surface area contributed by atoms with E-state index in [-0.39, 0.29) is 22.2 Å². The van der Waals surface area contributed by atoms with E-state index in [4.69, 9.17) is 0 Å². The third kappa shape index (κ3) is 7.26. The topological polar surface area (TPSA) is 122 Å². The number of amides is 1. The van der Waals surface area contributed by atoms with E-state index in [9.17, 15) is 23.3 Å². The van der Waals surface area contributed by atoms with Gasteiger partial charge >= 0.3 is 0 Å². The highest BCUT2D eigenvalue weighted by Crippen LogP contribution is 2.22. The van der Waals surface area contributed by atoms with Crippen LogP contribution in [0.3, 0.4) is 0 Å². The van der Waals surface area contributed by atoms with E-state index in [1.54, 1.807) is 0 Å². The van der Waals surface area contributed by atoms with Gasteiger partial charge in [-0.3, -0.25) is 19.6 Å². The van der Waals surface area contributed by atoms with Gasteiger partial charge in [0, 0.05) is 43.0 Å². The summed E-state index contributed by atoms with van der Waals surface area (Å²) in [7, 11) is -4.00. The molecule has 2 aromatic rings. The maximum atomic E-state index is 12.5. The number of likely N-dealkylation sites (tertiary alicyclic amines) is 1. The first-order valence-corrected chi connectivity index (χ1v) is 13.0. The molecule has 1 amide bonds. The van der Waals surface area contributed by atoms with E-state index < -0.39 is 14.9 Å². The summed E-state index contributed by atoms with van der Waals surface area (Å²) in [5.41, 5.74) is 0.375. The van der Waals surface area contributed by atoms with Gasteiger partial charge in [0.2, 0.25) is 0 Å². The molecule has 2 unspecified atom stereocenters. The summed E-state index contributed by atoms with van der Waals surface area (Å²) < 4.78 is 27.4. The standard InChI is InChI=1S/C24H32N4O5S/c1-18-14-19(2)17-27(16-18)13-4-3-12-25-24(29)20-8-10-21(11-9-20)26-34(32,33)23-7-5-6-22(15-23)28(30)31/h5-11,15,18-19,26H,3-4,12-14,16-17H2,1-2H3,(H,25,29). The maximum absolute atomic E-state index is 12.5. The van der Waals surface area contributed by atoms with Gasteiger partial charge in [-0.1, -0.05) is 19.9 Å². The first-order chi connectivity index (χ1) is 16.1. The van der Waals surface area contributed by atoms with Crippen LogP contribution >= 0.6 is 0 Å². The Morgan fingerprint density at radius 1 is 1.09 bits per heavy atom. The third-order valence-electron chi connectivity index (χ3n) is 5.87. The molecule has 0 saturated carbocycles. The van der Waals surface area contributed by atoms with Crippen molar-refractivity contribution in [3.8, 4) is 0 Å². The molecule has 184 valence electrons. The third-order valence-corrected chi connectivity index (χ3v) is 7.25. The highest BCUT2D eigenvalue weighted by atomic mass is 32.2. The van der Waals surface area contributed by atoms with Gasteiger partial charge in [-0.05, 0) is 68.0 Å². The summed E-state index contributed by atoms with van der Waals surface area (Å²) >= 11 is 0. The number of sulfonamides is 1. The largest absolute Gasteiger partial charge is 0.352 e. The van der Waals surface area contributed by atoms with Crippen molar-refractivity contribution in [2.45, 2.75) is 38.0 Å². The summed E-state index contributed by atoms with van der Waals surface area (Å²) in [5.74, 6) is 1.26. The molecule has 1 aliphatic heterocycles. The zero-order valence-electron chi connectivity index (χ0n) is 19.6. The molecule has 1 aliphatic rings. The van der Waals surface area contributed by atoms with Crippen LogP contribution in [0, 0.1) is 22.0 Å². The molecular formula is C24H32N4O5S. The van der Waals surface area contributed by atoms with Crippen LogP contribution in [-0.4, -0.2) is 50.3 Å². The van der Waals surface area contributed by atoms with Crippen molar-refractivity contribution < 1.29 is 18.1 Å². The fourth-order valence-corrected chi connectivity index (χ4v) is 5.50. The number of rotatable bonds is 10. The summed E-state index contributed by atoms with van der Waals surface area (Å²) in [6, 6.07) is 10.9. The second kappa shape index (κ2) is 11.4. The van der Waals surface area contributed by atoms with Crippen molar-refractivity contribution in [1.29, 1.82) is 0 Å². The van der Waals surface area contributed by atoms with Crippen molar-refractivity contribution >= 4 is 27.3 Å². The highest BCUT2D eigenvalue weighted by Gasteiger charge is 2.21. The Morgan fingerprint density at radius 2 is 1.76 bits per heavy atom. The average molecular weight is 489 g/mol. The lowest BCUT2D eigenvalue weighted by Crippen LogP contribution is -2.39. The summed E-state index contributed by atoms with van der Waals surface area (Å²) in [6.45, 7) is 8.52. The minimum Gasteiger partial charge on any atom is -0.352 e. The van der Waals surface area contributed by atoms with Gasteiger partial charge in [-0.2, -0.15) is 0 Å². The molecule has 0 aromatic heterocycles. The number of nitro groups is 1. The molecule has 2 aromatic carbocycles. The van der Waals surface area contributed by atoms with Crippen LogP contribution in [-0.2, 0) is 10.0 Å². The number of hydrogen-bond donors (Lipinski definition) is 2. The Labute approximate surface area is 200 Å². The lowest BCUT2D eigenvalue weighted by atomic mass is 9.92. The predicted octanol–water partition coefficient (Wildman–Crippen LogP) is 3.88. The van der Waals surface area contributed by atoms with Crippen LogP contribution in [0.2, 0.25) is 0 Å². The van der Waals surface area contributed by atoms with E-state index in [2.05, 4.69) is 28.8 Å². The Hall–Kier alpha value is -2.98. The first-order valence-electron chi connectivity index (χ1n) is 11.5. The number of benzene rings is 2. The zero-order chi connectivity index (χ0) is 24.7. The number of nitro benzene ring substituents is 1. The van der Waals surface area contributed by atoms with Crippen LogP contribution < -0.4 is 10.0 Å². The van der Waals surface area contributed by atoms with Crippen molar-refractivity contribution in [3.05, 3.63) is 64.2 Å². The quantitative estimate of drug-likeness (QED) is 0.297. The van der Waals surface area contributed by atoms with Crippen molar-refractivity contribution in [3.63, 3.8) is 0 Å². The lowest BCUT2D eigenvalue weighted by Gasteiger charge is -2.34. The van der Waals surface area contributed by atoms with E-state index in [0.717, 1.165) is 50.4 Å². The molecule has 34 heavy (non-hydrogen) atoms. The number of carbonyl (C=O) groups is 1. The Balaban J connectivity index is 1.46. The van der Waals surface area contributed by atoms with E-state index >= 15 is 0 Å². The Morgan fingerprint density at radius 3 is 2.41 bits per heavy atom. The van der Waals surface area contributed by atoms with Crippen molar-refractivity contribution in [1.82, 2.24) is 10.2 Å². The number of non-ortho nitro benzene ring substituents is 1. The zero-order valence-corrected chi connectivity index (χ0v) is 20.4. The predicted molar refractivity (Wildman–Crippen MR) is 131 cm³/mol. The van der Waals surface area contributed by atoms with Gasteiger partial charge in [0.1, 0.15) is 0 Å². The Bertz CT molecular complexity index is 1090. The molecule has 0 spiro atoms. The number of piperidine rings is 1. The van der Waals surface area contributed by atoms with Crippen LogP contribution in [0.1, 0.15) is 43.5 Å². The van der Waals surface area contributed by atoms with Crippen molar-refractivity contribution in [2.75, 3.05) is 30.9 Å². The molecule has 0 bridgehead atoms. The smallest absolute Gasteiger partial charge is 0.270 e. The molecule has 2 N–H and O–H groups in total. The van der Waals surface area contributed by atoms with Crippen LogP contribution in [0.4, 0.5) is 11.4 Å². The molecule has 10 heteroatoms.